The summed E-state index contributed by atoms with van der Waals surface area (Å²) in [7, 11) is 0.198. The van der Waals surface area contributed by atoms with Gasteiger partial charge in [0, 0.05) is 6.07 Å². The number of aromatic nitrogens is 1. The average Bonchev–Trinajstić information content (AvgIpc) is 2.76. The molecule has 0 N–H and O–H groups in total. The summed E-state index contributed by atoms with van der Waals surface area (Å²) >= 11 is 0. The van der Waals surface area contributed by atoms with Gasteiger partial charge >= 0.3 is 0 Å². The molecular weight excluding hydrogens is 402 g/mol. The van der Waals surface area contributed by atoms with E-state index >= 15 is 0 Å². The topological polar surface area (TPSA) is 3.88 Å². The number of hydrogen-bond donors (Lipinski definition) is 0. The van der Waals surface area contributed by atoms with E-state index in [-0.39, 0.29) is 5.41 Å². The predicted octanol–water partition coefficient (Wildman–Crippen LogP) is 6.07. The van der Waals surface area contributed by atoms with Crippen LogP contribution in [-0.4, -0.2) is 8.07 Å². The van der Waals surface area contributed by atoms with E-state index in [4.69, 9.17) is 1.37 Å². The van der Waals surface area contributed by atoms with Gasteiger partial charge < -0.3 is 0 Å². The highest BCUT2D eigenvalue weighted by Gasteiger charge is 2.27. The molecule has 4 aromatic rings. The highest BCUT2D eigenvalue weighted by Crippen LogP contribution is 2.34. The van der Waals surface area contributed by atoms with Crippen molar-refractivity contribution >= 4 is 29.2 Å². The monoisotopic (exact) mass is 439 g/mol. The van der Waals surface area contributed by atoms with E-state index in [1.807, 2.05) is 17.7 Å². The first-order valence-corrected chi connectivity index (χ1v) is 14.5. The lowest BCUT2D eigenvalue weighted by molar-refractivity contribution is -0.659. The van der Waals surface area contributed by atoms with Crippen LogP contribution in [0.4, 0.5) is 0 Å². The number of rotatable bonds is 3. The Morgan fingerprint density at radius 3 is 2.19 bits per heavy atom. The lowest BCUT2D eigenvalue weighted by Crippen LogP contribution is -2.52. The van der Waals surface area contributed by atoms with Crippen molar-refractivity contribution in [2.75, 3.05) is 0 Å². The van der Waals surface area contributed by atoms with Gasteiger partial charge in [0.15, 0.2) is 6.17 Å². The van der Waals surface area contributed by atoms with Crippen LogP contribution in [0.5, 0.6) is 0 Å². The minimum Gasteiger partial charge on any atom is -0.200 e. The fourth-order valence-electron chi connectivity index (χ4n) is 4.58. The second kappa shape index (κ2) is 8.01. The summed E-state index contributed by atoms with van der Waals surface area (Å²) in [6, 6.07) is 24.5. The molecule has 0 aliphatic carbocycles. The summed E-state index contributed by atoms with van der Waals surface area (Å²) in [6.07, 6.45) is 0.534. The lowest BCUT2D eigenvalue weighted by atomic mass is 9.83. The summed E-state index contributed by atoms with van der Waals surface area (Å²) in [5.74, 6) is 0. The Labute approximate surface area is 196 Å². The van der Waals surface area contributed by atoms with Gasteiger partial charge in [-0.2, -0.15) is 0 Å². The van der Waals surface area contributed by atoms with Crippen molar-refractivity contribution in [1.29, 1.82) is 0 Å². The van der Waals surface area contributed by atoms with E-state index in [1.54, 1.807) is 0 Å². The van der Waals surface area contributed by atoms with Crippen LogP contribution < -0.4 is 14.9 Å². The first-order chi connectivity index (χ1) is 15.4. The molecule has 2 heteroatoms. The minimum absolute atomic E-state index is 0.0681. The zero-order valence-corrected chi connectivity index (χ0v) is 21.8. The van der Waals surface area contributed by atoms with Crippen LogP contribution in [0.15, 0.2) is 72.9 Å². The van der Waals surface area contributed by atoms with Crippen molar-refractivity contribution in [3.05, 3.63) is 89.6 Å². The third kappa shape index (κ3) is 3.93. The average molecular weight is 440 g/mol. The Kier molecular flexibility index (Phi) is 5.29. The first kappa shape index (κ1) is 21.1. The first-order valence-electron chi connectivity index (χ1n) is 12.0. The Morgan fingerprint density at radius 1 is 0.844 bits per heavy atom. The molecule has 0 saturated heterocycles. The van der Waals surface area contributed by atoms with Gasteiger partial charge in [0.1, 0.15) is 16.5 Å². The number of aryl methyl sites for hydroxylation is 1. The van der Waals surface area contributed by atoms with Crippen molar-refractivity contribution in [1.82, 2.24) is 0 Å². The molecule has 0 radical (unpaired) electrons. The molecule has 0 saturated carbocycles. The number of hydrogen-bond acceptors (Lipinski definition) is 0. The molecule has 1 aromatic heterocycles. The quantitative estimate of drug-likeness (QED) is 0.269. The molecule has 0 bridgehead atoms. The lowest BCUT2D eigenvalue weighted by Gasteiger charge is -2.24. The van der Waals surface area contributed by atoms with Crippen LogP contribution >= 0.6 is 0 Å². The third-order valence-corrected chi connectivity index (χ3v) is 10.6. The Balaban J connectivity index is 1.99. The Bertz CT molecular complexity index is 1350. The van der Waals surface area contributed by atoms with Crippen molar-refractivity contribution in [3.63, 3.8) is 0 Å². The highest BCUT2D eigenvalue weighted by molar-refractivity contribution is 7.00. The zero-order chi connectivity index (χ0) is 24.1. The maximum atomic E-state index is 8.76. The third-order valence-electron chi connectivity index (χ3n) is 7.06. The van der Waals surface area contributed by atoms with Gasteiger partial charge in [-0.25, -0.2) is 4.57 Å². The number of pyridine rings is 1. The SMILES string of the molecule is [2H]c1cc2cc([Si](C)(C)c3ccccc3)ccc2c(-c2cc(C(C)(C)C)cc(C)c2C)[n+]1C. The van der Waals surface area contributed by atoms with Crippen LogP contribution in [0.1, 0.15) is 38.8 Å². The largest absolute Gasteiger partial charge is 0.220 e. The van der Waals surface area contributed by atoms with Gasteiger partial charge in [0.25, 0.3) is 0 Å². The Hall–Kier alpha value is -2.71. The van der Waals surface area contributed by atoms with Crippen molar-refractivity contribution < 1.29 is 5.94 Å². The minimum atomic E-state index is -1.82. The molecule has 0 aliphatic rings. The van der Waals surface area contributed by atoms with Gasteiger partial charge in [0.05, 0.1) is 10.9 Å². The summed E-state index contributed by atoms with van der Waals surface area (Å²) in [4.78, 5) is 0. The van der Waals surface area contributed by atoms with E-state index in [0.29, 0.717) is 6.17 Å². The van der Waals surface area contributed by atoms with E-state index in [1.165, 1.54) is 38.0 Å². The van der Waals surface area contributed by atoms with E-state index in [2.05, 4.69) is 108 Å². The van der Waals surface area contributed by atoms with Gasteiger partial charge in [-0.3, -0.25) is 0 Å². The van der Waals surface area contributed by atoms with Gasteiger partial charge in [-0.1, -0.05) is 92.8 Å². The molecule has 1 nitrogen and oxygen atoms in total. The molecule has 0 aliphatic heterocycles. The maximum Gasteiger partial charge on any atom is 0.220 e. The van der Waals surface area contributed by atoms with Crippen molar-refractivity contribution in [3.8, 4) is 11.3 Å². The summed E-state index contributed by atoms with van der Waals surface area (Å²) in [6.45, 7) is 16.0. The molecule has 0 spiro atoms. The van der Waals surface area contributed by atoms with E-state index < -0.39 is 8.07 Å². The molecule has 0 fully saturated rings. The smallest absolute Gasteiger partial charge is 0.200 e. The molecule has 0 amide bonds. The molecule has 3 aromatic carbocycles. The maximum absolute atomic E-state index is 8.76. The molecule has 32 heavy (non-hydrogen) atoms. The zero-order valence-electron chi connectivity index (χ0n) is 21.8. The van der Waals surface area contributed by atoms with Crippen LogP contribution in [0.3, 0.4) is 0 Å². The second-order valence-electron chi connectivity index (χ2n) is 10.7. The van der Waals surface area contributed by atoms with Gasteiger partial charge in [-0.05, 0) is 53.5 Å². The number of benzene rings is 3. The summed E-state index contributed by atoms with van der Waals surface area (Å²) in [5.41, 5.74) is 6.35. The Morgan fingerprint density at radius 2 is 1.53 bits per heavy atom. The van der Waals surface area contributed by atoms with Crippen molar-refractivity contribution in [2.45, 2.75) is 53.1 Å². The van der Waals surface area contributed by atoms with Gasteiger partial charge in [-0.15, -0.1) is 0 Å². The molecule has 4 rings (SSSR count). The molecule has 0 unspecified atom stereocenters. The normalized spacial score (nSPS) is 12.8. The van der Waals surface area contributed by atoms with Crippen LogP contribution in [0.25, 0.3) is 22.0 Å². The van der Waals surface area contributed by atoms with E-state index in [9.17, 15) is 0 Å². The van der Waals surface area contributed by atoms with E-state index in [0.717, 1.165) is 11.1 Å². The molecule has 0 atom stereocenters. The molecule has 164 valence electrons. The standard InChI is InChI=1S/C30H36NSi/c1-21-18-24(30(3,4)5)20-28(22(21)2)29-27-15-14-26(19-23(27)16-17-31(29)6)32(7,8)25-12-10-9-11-13-25/h9-20H,1-8H3/q+1/i17D. The fraction of sp³-hybridized carbons (Fsp3) is 0.300. The van der Waals surface area contributed by atoms with Crippen LogP contribution in [0.2, 0.25) is 13.1 Å². The van der Waals surface area contributed by atoms with Crippen molar-refractivity contribution in [2.24, 2.45) is 7.05 Å². The van der Waals surface area contributed by atoms with Crippen LogP contribution in [0, 0.1) is 13.8 Å². The van der Waals surface area contributed by atoms with Gasteiger partial charge in [0.2, 0.25) is 5.69 Å². The highest BCUT2D eigenvalue weighted by atomic mass is 28.3. The molecule has 1 heterocycles. The summed E-state index contributed by atoms with van der Waals surface area (Å²) < 4.78 is 10.8. The summed E-state index contributed by atoms with van der Waals surface area (Å²) in [5, 5.41) is 5.20. The fourth-order valence-corrected chi connectivity index (χ4v) is 6.96. The molecular formula is C30H36NSi+. The number of fused-ring (bicyclic) bond motifs is 1. The predicted molar refractivity (Wildman–Crippen MR) is 142 cm³/mol. The van der Waals surface area contributed by atoms with Crippen LogP contribution in [-0.2, 0) is 12.5 Å². The number of nitrogens with zero attached hydrogens (tertiary/aromatic N) is 1. The second-order valence-corrected chi connectivity index (χ2v) is 15.1.